The zero-order valence-corrected chi connectivity index (χ0v) is 19.4. The van der Waals surface area contributed by atoms with Crippen LogP contribution >= 0.6 is 0 Å². The fourth-order valence-corrected chi connectivity index (χ4v) is 6.67. The first kappa shape index (κ1) is 24.5. The van der Waals surface area contributed by atoms with Crippen molar-refractivity contribution in [1.82, 2.24) is 12.9 Å². The lowest BCUT2D eigenvalue weighted by Gasteiger charge is -2.37. The number of hydrogen-bond acceptors (Lipinski definition) is 9. The summed E-state index contributed by atoms with van der Waals surface area (Å²) in [5.74, 6) is -1.65. The van der Waals surface area contributed by atoms with Crippen LogP contribution < -0.4 is 0 Å². The molecule has 0 amide bonds. The summed E-state index contributed by atoms with van der Waals surface area (Å²) in [5.41, 5.74) is -0.282. The van der Waals surface area contributed by atoms with E-state index in [4.69, 9.17) is 4.74 Å². The molecule has 2 aliphatic rings. The van der Waals surface area contributed by atoms with Crippen LogP contribution in [0.4, 0.5) is 0 Å². The number of methoxy groups -OCH3 is 2. The minimum Gasteiger partial charge on any atom is -0.465 e. The first-order valence-corrected chi connectivity index (χ1v) is 12.6. The van der Waals surface area contributed by atoms with Gasteiger partial charge in [-0.25, -0.2) is 18.0 Å². The highest BCUT2D eigenvalue weighted by Crippen LogP contribution is 2.25. The smallest absolute Gasteiger partial charge is 0.339 e. The van der Waals surface area contributed by atoms with E-state index >= 15 is 0 Å². The van der Waals surface area contributed by atoms with Crippen LogP contribution in [0.25, 0.3) is 0 Å². The molecule has 0 aliphatic carbocycles. The summed E-state index contributed by atoms with van der Waals surface area (Å²) in [6.45, 7) is 0.754. The lowest BCUT2D eigenvalue weighted by Crippen LogP contribution is -2.55. The number of benzene rings is 1. The van der Waals surface area contributed by atoms with Gasteiger partial charge in [-0.1, -0.05) is 0 Å². The highest BCUT2D eigenvalue weighted by atomic mass is 32.2. The van der Waals surface area contributed by atoms with E-state index in [1.165, 1.54) is 20.7 Å². The molecule has 2 fully saturated rings. The van der Waals surface area contributed by atoms with Gasteiger partial charge in [0, 0.05) is 39.3 Å². The van der Waals surface area contributed by atoms with Crippen LogP contribution in [-0.2, 0) is 34.4 Å². The van der Waals surface area contributed by atoms with Gasteiger partial charge in [0.2, 0.25) is 10.0 Å². The SMILES string of the molecule is COC(=O)c1ccc(C(=O)OC)c(S(=O)(=O)N2CCN(S(=O)(=O)N3CCOCC3)CC2)c1. The first-order chi connectivity index (χ1) is 15.1. The standard InChI is InChI=1S/C18H25N3O9S2/c1-28-17(22)14-3-4-15(18(23)29-2)16(13-14)31(24,25)19-5-7-20(8-6-19)32(26,27)21-9-11-30-12-10-21/h3-4,13H,5-12H2,1-2H3. The second-order valence-corrected chi connectivity index (χ2v) is 10.9. The highest BCUT2D eigenvalue weighted by Gasteiger charge is 2.38. The zero-order chi connectivity index (χ0) is 23.5. The van der Waals surface area contributed by atoms with Crippen LogP contribution in [0.2, 0.25) is 0 Å². The van der Waals surface area contributed by atoms with Crippen molar-refractivity contribution in [3.05, 3.63) is 29.3 Å². The number of morpholine rings is 1. The number of nitrogens with zero attached hydrogens (tertiary/aromatic N) is 3. The molecule has 178 valence electrons. The monoisotopic (exact) mass is 491 g/mol. The topological polar surface area (TPSA) is 140 Å². The molecule has 0 atom stereocenters. The molecule has 14 heteroatoms. The number of sulfonamides is 1. The lowest BCUT2D eigenvalue weighted by atomic mass is 10.1. The van der Waals surface area contributed by atoms with E-state index in [1.807, 2.05) is 0 Å². The molecule has 12 nitrogen and oxygen atoms in total. The minimum absolute atomic E-state index is 0.0488. The molecule has 32 heavy (non-hydrogen) atoms. The molecular weight excluding hydrogens is 466 g/mol. The fourth-order valence-electron chi connectivity index (χ4n) is 3.48. The number of esters is 2. The number of hydrogen-bond donors (Lipinski definition) is 0. The number of ether oxygens (including phenoxy) is 3. The first-order valence-electron chi connectivity index (χ1n) is 9.76. The van der Waals surface area contributed by atoms with Crippen molar-refractivity contribution < 1.29 is 40.6 Å². The number of piperazine rings is 1. The Kier molecular flexibility index (Phi) is 7.52. The molecule has 0 spiro atoms. The summed E-state index contributed by atoms with van der Waals surface area (Å²) in [6, 6.07) is 3.51. The predicted molar refractivity (Wildman–Crippen MR) is 111 cm³/mol. The molecule has 0 bridgehead atoms. The van der Waals surface area contributed by atoms with Crippen LogP contribution in [0.5, 0.6) is 0 Å². The molecule has 0 saturated carbocycles. The van der Waals surface area contributed by atoms with Crippen molar-refractivity contribution in [2.45, 2.75) is 4.90 Å². The number of carbonyl (C=O) groups is 2. The zero-order valence-electron chi connectivity index (χ0n) is 17.7. The molecular formula is C18H25N3O9S2. The lowest BCUT2D eigenvalue weighted by molar-refractivity contribution is 0.0583. The quantitative estimate of drug-likeness (QED) is 0.465. The molecule has 0 aromatic heterocycles. The van der Waals surface area contributed by atoms with Crippen molar-refractivity contribution in [2.24, 2.45) is 0 Å². The van der Waals surface area contributed by atoms with Crippen molar-refractivity contribution in [3.63, 3.8) is 0 Å². The molecule has 1 aromatic carbocycles. The molecule has 0 radical (unpaired) electrons. The van der Waals surface area contributed by atoms with Crippen molar-refractivity contribution >= 4 is 32.2 Å². The van der Waals surface area contributed by atoms with Gasteiger partial charge in [0.15, 0.2) is 0 Å². The summed E-state index contributed by atoms with van der Waals surface area (Å²) in [7, 11) is -5.71. The third-order valence-corrected chi connectivity index (χ3v) is 9.22. The average Bonchev–Trinajstić information content (AvgIpc) is 2.83. The predicted octanol–water partition coefficient (Wildman–Crippen LogP) is -0.857. The summed E-state index contributed by atoms with van der Waals surface area (Å²) in [6.07, 6.45) is 0. The molecule has 2 heterocycles. The third-order valence-electron chi connectivity index (χ3n) is 5.25. The normalized spacial score (nSPS) is 19.4. The van der Waals surface area contributed by atoms with Gasteiger partial charge in [-0.3, -0.25) is 0 Å². The van der Waals surface area contributed by atoms with E-state index < -0.39 is 37.1 Å². The summed E-state index contributed by atoms with van der Waals surface area (Å²) < 4.78 is 70.4. The van der Waals surface area contributed by atoms with Gasteiger partial charge in [-0.15, -0.1) is 0 Å². The Labute approximate surface area is 186 Å². The Morgan fingerprint density at radius 2 is 1.34 bits per heavy atom. The molecule has 0 N–H and O–H groups in total. The summed E-state index contributed by atoms with van der Waals surface area (Å²) in [4.78, 5) is 23.6. The second kappa shape index (κ2) is 9.80. The van der Waals surface area contributed by atoms with Gasteiger partial charge in [0.1, 0.15) is 0 Å². The van der Waals surface area contributed by atoms with Gasteiger partial charge in [0.25, 0.3) is 10.2 Å². The summed E-state index contributed by atoms with van der Waals surface area (Å²) >= 11 is 0. The van der Waals surface area contributed by atoms with Gasteiger partial charge < -0.3 is 14.2 Å². The molecule has 3 rings (SSSR count). The summed E-state index contributed by atoms with van der Waals surface area (Å²) in [5, 5.41) is 0. The van der Waals surface area contributed by atoms with Crippen LogP contribution in [0.3, 0.4) is 0 Å². The van der Waals surface area contributed by atoms with E-state index in [9.17, 15) is 26.4 Å². The Balaban J connectivity index is 1.84. The third kappa shape index (κ3) is 4.79. The van der Waals surface area contributed by atoms with Crippen molar-refractivity contribution in [3.8, 4) is 0 Å². The van der Waals surface area contributed by atoms with E-state index in [-0.39, 0.29) is 50.4 Å². The maximum atomic E-state index is 13.3. The van der Waals surface area contributed by atoms with E-state index in [0.29, 0.717) is 13.2 Å². The van der Waals surface area contributed by atoms with Gasteiger partial charge in [-0.2, -0.15) is 21.3 Å². The van der Waals surface area contributed by atoms with Crippen LogP contribution in [0.15, 0.2) is 23.1 Å². The maximum absolute atomic E-state index is 13.3. The van der Waals surface area contributed by atoms with Crippen LogP contribution in [0.1, 0.15) is 20.7 Å². The van der Waals surface area contributed by atoms with E-state index in [2.05, 4.69) is 9.47 Å². The molecule has 2 saturated heterocycles. The highest BCUT2D eigenvalue weighted by molar-refractivity contribution is 7.89. The molecule has 0 unspecified atom stereocenters. The van der Waals surface area contributed by atoms with Gasteiger partial charge >= 0.3 is 11.9 Å². The second-order valence-electron chi connectivity index (χ2n) is 7.02. The number of carbonyl (C=O) groups excluding carboxylic acids is 2. The van der Waals surface area contributed by atoms with Gasteiger partial charge in [-0.05, 0) is 18.2 Å². The Morgan fingerprint density at radius 1 is 0.812 bits per heavy atom. The Morgan fingerprint density at radius 3 is 1.91 bits per heavy atom. The average molecular weight is 492 g/mol. The maximum Gasteiger partial charge on any atom is 0.339 e. The van der Waals surface area contributed by atoms with Crippen LogP contribution in [0, 0.1) is 0 Å². The van der Waals surface area contributed by atoms with Crippen molar-refractivity contribution in [2.75, 3.05) is 66.7 Å². The van der Waals surface area contributed by atoms with E-state index in [1.54, 1.807) is 0 Å². The van der Waals surface area contributed by atoms with Gasteiger partial charge in [0.05, 0.1) is 43.5 Å². The largest absolute Gasteiger partial charge is 0.465 e. The fraction of sp³-hybridized carbons (Fsp3) is 0.556. The Hall–Kier alpha value is -2.10. The number of rotatable bonds is 6. The van der Waals surface area contributed by atoms with Crippen LogP contribution in [-0.4, -0.2) is 108 Å². The van der Waals surface area contributed by atoms with Crippen molar-refractivity contribution in [1.29, 1.82) is 0 Å². The molecule has 2 aliphatic heterocycles. The minimum atomic E-state index is -4.24. The Bertz CT molecular complexity index is 1070. The molecule has 1 aromatic rings. The van der Waals surface area contributed by atoms with E-state index in [0.717, 1.165) is 24.6 Å².